The average Bonchev–Trinajstić information content (AvgIpc) is 2.64. The Hall–Kier alpha value is -1.82. The van der Waals surface area contributed by atoms with Crippen LogP contribution >= 0.6 is 11.6 Å². The highest BCUT2D eigenvalue weighted by atomic mass is 35.5. The van der Waals surface area contributed by atoms with Gasteiger partial charge in [-0.15, -0.1) is 0 Å². The fourth-order valence-electron chi connectivity index (χ4n) is 2.95. The lowest BCUT2D eigenvalue weighted by Crippen LogP contribution is -2.49. The summed E-state index contributed by atoms with van der Waals surface area (Å²) >= 11 is 6.01. The van der Waals surface area contributed by atoms with Crippen molar-refractivity contribution >= 4 is 17.4 Å². The Morgan fingerprint density at radius 3 is 2.68 bits per heavy atom. The third-order valence-corrected chi connectivity index (χ3v) is 4.81. The molecule has 1 unspecified atom stereocenters. The number of pyridine rings is 1. The molecule has 1 aromatic heterocycles. The van der Waals surface area contributed by atoms with E-state index in [0.717, 1.165) is 48.3 Å². The van der Waals surface area contributed by atoms with Gasteiger partial charge in [-0.05, 0) is 42.8 Å². The lowest BCUT2D eigenvalue weighted by Gasteiger charge is -2.36. The molecule has 1 atom stereocenters. The molecule has 0 radical (unpaired) electrons. The highest BCUT2D eigenvalue weighted by Gasteiger charge is 2.20. The first-order chi connectivity index (χ1) is 12.1. The first-order valence-electron chi connectivity index (χ1n) is 8.57. The number of aliphatic hydroxyl groups excluding tert-OH is 1. The van der Waals surface area contributed by atoms with E-state index in [2.05, 4.69) is 14.8 Å². The number of β-amino-alcohol motifs (C(OH)–C–C–N with tert-alkyl or cyclic N) is 1. The largest absolute Gasteiger partial charge is 0.491 e. The van der Waals surface area contributed by atoms with Gasteiger partial charge in [0, 0.05) is 43.9 Å². The summed E-state index contributed by atoms with van der Waals surface area (Å²) in [5, 5.41) is 11.0. The van der Waals surface area contributed by atoms with Gasteiger partial charge < -0.3 is 14.7 Å². The molecule has 6 heteroatoms. The van der Waals surface area contributed by atoms with Crippen LogP contribution in [0.2, 0.25) is 5.02 Å². The Morgan fingerprint density at radius 1 is 1.20 bits per heavy atom. The number of benzene rings is 1. The quantitative estimate of drug-likeness (QED) is 0.857. The summed E-state index contributed by atoms with van der Waals surface area (Å²) in [5.41, 5.74) is 0.972. The minimum atomic E-state index is -0.516. The average molecular weight is 362 g/mol. The molecule has 1 aliphatic rings. The summed E-state index contributed by atoms with van der Waals surface area (Å²) in [6, 6.07) is 11.5. The molecular weight excluding hydrogens is 338 g/mol. The van der Waals surface area contributed by atoms with Gasteiger partial charge in [-0.1, -0.05) is 17.7 Å². The molecule has 1 N–H and O–H groups in total. The van der Waals surface area contributed by atoms with Gasteiger partial charge in [0.15, 0.2) is 0 Å². The molecule has 2 heterocycles. The Labute approximate surface area is 153 Å². The van der Waals surface area contributed by atoms with Crippen molar-refractivity contribution in [1.29, 1.82) is 0 Å². The molecule has 0 amide bonds. The molecule has 0 aliphatic carbocycles. The monoisotopic (exact) mass is 361 g/mol. The number of aromatic nitrogens is 1. The Kier molecular flexibility index (Phi) is 6.13. The van der Waals surface area contributed by atoms with Crippen LogP contribution < -0.4 is 9.64 Å². The summed E-state index contributed by atoms with van der Waals surface area (Å²) in [7, 11) is 0. The molecule has 1 aromatic carbocycles. The number of hydrogen-bond donors (Lipinski definition) is 1. The lowest BCUT2D eigenvalue weighted by atomic mass is 10.2. The highest BCUT2D eigenvalue weighted by molar-refractivity contribution is 6.31. The second-order valence-corrected chi connectivity index (χ2v) is 6.76. The molecule has 1 saturated heterocycles. The van der Waals surface area contributed by atoms with E-state index in [-0.39, 0.29) is 6.61 Å². The predicted molar refractivity (Wildman–Crippen MR) is 101 cm³/mol. The molecular formula is C19H24ClN3O2. The molecule has 0 spiro atoms. The summed E-state index contributed by atoms with van der Waals surface area (Å²) in [6.07, 6.45) is 1.30. The summed E-state index contributed by atoms with van der Waals surface area (Å²) in [4.78, 5) is 8.93. The van der Waals surface area contributed by atoms with Crippen molar-refractivity contribution in [2.24, 2.45) is 0 Å². The molecule has 1 fully saturated rings. The van der Waals surface area contributed by atoms with Crippen LogP contribution in [0.15, 0.2) is 42.6 Å². The molecule has 25 heavy (non-hydrogen) atoms. The van der Waals surface area contributed by atoms with Crippen LogP contribution in [0.5, 0.6) is 5.75 Å². The molecule has 0 bridgehead atoms. The molecule has 3 rings (SSSR count). The zero-order valence-electron chi connectivity index (χ0n) is 14.4. The number of rotatable bonds is 6. The van der Waals surface area contributed by atoms with Crippen molar-refractivity contribution in [2.45, 2.75) is 13.0 Å². The van der Waals surface area contributed by atoms with Crippen LogP contribution in [0.1, 0.15) is 5.56 Å². The standard InChI is InChI=1S/C19H24ClN3O2/c1-15-12-17(5-6-18(15)20)25-14-16(24)13-22-8-10-23(11-9-22)19-4-2-3-7-21-19/h2-7,12,16,24H,8-11,13-14H2,1H3. The van der Waals surface area contributed by atoms with Gasteiger partial charge in [0.2, 0.25) is 0 Å². The first-order valence-corrected chi connectivity index (χ1v) is 8.95. The number of ether oxygens (including phenoxy) is 1. The molecule has 134 valence electrons. The van der Waals surface area contributed by atoms with E-state index >= 15 is 0 Å². The van der Waals surface area contributed by atoms with Crippen LogP contribution in [-0.4, -0.2) is 60.4 Å². The lowest BCUT2D eigenvalue weighted by molar-refractivity contribution is 0.0662. The summed E-state index contributed by atoms with van der Waals surface area (Å²) in [6.45, 7) is 6.49. The smallest absolute Gasteiger partial charge is 0.128 e. The van der Waals surface area contributed by atoms with E-state index in [4.69, 9.17) is 16.3 Å². The number of hydrogen-bond acceptors (Lipinski definition) is 5. The number of nitrogens with zero attached hydrogens (tertiary/aromatic N) is 3. The second kappa shape index (κ2) is 8.52. The van der Waals surface area contributed by atoms with Gasteiger partial charge in [0.25, 0.3) is 0 Å². The normalized spacial score (nSPS) is 16.7. The minimum Gasteiger partial charge on any atom is -0.491 e. The maximum absolute atomic E-state index is 10.3. The second-order valence-electron chi connectivity index (χ2n) is 6.35. The van der Waals surface area contributed by atoms with Crippen molar-refractivity contribution in [3.63, 3.8) is 0 Å². The third-order valence-electron chi connectivity index (χ3n) is 4.39. The zero-order chi connectivity index (χ0) is 17.6. The van der Waals surface area contributed by atoms with Gasteiger partial charge >= 0.3 is 0 Å². The maximum Gasteiger partial charge on any atom is 0.128 e. The number of piperazine rings is 1. The summed E-state index contributed by atoms with van der Waals surface area (Å²) in [5.74, 6) is 1.75. The highest BCUT2D eigenvalue weighted by Crippen LogP contribution is 2.21. The van der Waals surface area contributed by atoms with Crippen molar-refractivity contribution in [1.82, 2.24) is 9.88 Å². The number of anilines is 1. The topological polar surface area (TPSA) is 48.8 Å². The third kappa shape index (κ3) is 5.08. The Balaban J connectivity index is 1.41. The van der Waals surface area contributed by atoms with E-state index in [1.165, 1.54) is 0 Å². The van der Waals surface area contributed by atoms with Crippen molar-refractivity contribution < 1.29 is 9.84 Å². The fraction of sp³-hybridized carbons (Fsp3) is 0.421. The van der Waals surface area contributed by atoms with E-state index in [0.29, 0.717) is 6.54 Å². The number of aliphatic hydroxyl groups is 1. The zero-order valence-corrected chi connectivity index (χ0v) is 15.2. The minimum absolute atomic E-state index is 0.279. The van der Waals surface area contributed by atoms with Crippen molar-refractivity contribution in [3.05, 3.63) is 53.2 Å². The SMILES string of the molecule is Cc1cc(OCC(O)CN2CCN(c3ccccn3)CC2)ccc1Cl. The maximum atomic E-state index is 10.3. The Morgan fingerprint density at radius 2 is 2.00 bits per heavy atom. The van der Waals surface area contributed by atoms with E-state index < -0.39 is 6.10 Å². The summed E-state index contributed by atoms with van der Waals surface area (Å²) < 4.78 is 5.68. The van der Waals surface area contributed by atoms with Crippen molar-refractivity contribution in [3.8, 4) is 5.75 Å². The van der Waals surface area contributed by atoms with Gasteiger partial charge in [-0.2, -0.15) is 0 Å². The van der Waals surface area contributed by atoms with Crippen LogP contribution in [0.3, 0.4) is 0 Å². The number of halogens is 1. The predicted octanol–water partition coefficient (Wildman–Crippen LogP) is 2.61. The first kappa shape index (κ1) is 18.0. The van der Waals surface area contributed by atoms with E-state index in [9.17, 15) is 5.11 Å². The molecule has 1 aliphatic heterocycles. The Bertz CT molecular complexity index is 676. The van der Waals surface area contributed by atoms with E-state index in [1.54, 1.807) is 0 Å². The van der Waals surface area contributed by atoms with Crippen LogP contribution in [0.4, 0.5) is 5.82 Å². The number of aryl methyl sites for hydroxylation is 1. The van der Waals surface area contributed by atoms with Gasteiger partial charge in [-0.25, -0.2) is 4.98 Å². The molecule has 0 saturated carbocycles. The fourth-order valence-corrected chi connectivity index (χ4v) is 3.07. The van der Waals surface area contributed by atoms with E-state index in [1.807, 2.05) is 49.5 Å². The van der Waals surface area contributed by atoms with Crippen molar-refractivity contribution in [2.75, 3.05) is 44.2 Å². The molecule has 2 aromatic rings. The molecule has 5 nitrogen and oxygen atoms in total. The van der Waals surface area contributed by atoms with Gasteiger partial charge in [-0.3, -0.25) is 4.90 Å². The van der Waals surface area contributed by atoms with Crippen LogP contribution in [0, 0.1) is 6.92 Å². The van der Waals surface area contributed by atoms with Gasteiger partial charge in [0.1, 0.15) is 24.3 Å². The van der Waals surface area contributed by atoms with Crippen LogP contribution in [0.25, 0.3) is 0 Å². The van der Waals surface area contributed by atoms with Gasteiger partial charge in [0.05, 0.1) is 0 Å². The van der Waals surface area contributed by atoms with Crippen LogP contribution in [-0.2, 0) is 0 Å².